The first kappa shape index (κ1) is 15.1. The van der Waals surface area contributed by atoms with Crippen LogP contribution in [0.3, 0.4) is 0 Å². The summed E-state index contributed by atoms with van der Waals surface area (Å²) in [5.41, 5.74) is -0.253. The van der Waals surface area contributed by atoms with Crippen molar-refractivity contribution in [2.24, 2.45) is 5.14 Å². The van der Waals surface area contributed by atoms with Gasteiger partial charge in [0.05, 0.1) is 5.60 Å². The van der Waals surface area contributed by atoms with Crippen molar-refractivity contribution in [2.75, 3.05) is 7.11 Å². The van der Waals surface area contributed by atoms with Crippen molar-refractivity contribution in [3.8, 4) is 0 Å². The summed E-state index contributed by atoms with van der Waals surface area (Å²) in [7, 11) is -2.08. The van der Waals surface area contributed by atoms with E-state index in [1.807, 2.05) is 25.3 Å². The van der Waals surface area contributed by atoms with Crippen LogP contribution in [0.15, 0.2) is 11.2 Å². The first-order chi connectivity index (χ1) is 8.19. The van der Waals surface area contributed by atoms with Gasteiger partial charge in [0, 0.05) is 26.3 Å². The maximum Gasteiger partial charge on any atom is 0.257 e. The third-order valence-electron chi connectivity index (χ3n) is 2.95. The average molecular weight is 275 g/mol. The van der Waals surface area contributed by atoms with Crippen LogP contribution in [0, 0.1) is 0 Å². The molecule has 7 heteroatoms. The Morgan fingerprint density at radius 3 is 2.56 bits per heavy atom. The predicted octanol–water partition coefficient (Wildman–Crippen LogP) is 0.908. The van der Waals surface area contributed by atoms with E-state index in [0.29, 0.717) is 18.8 Å². The smallest absolute Gasteiger partial charge is 0.257 e. The fourth-order valence-electron chi connectivity index (χ4n) is 1.53. The van der Waals surface area contributed by atoms with Crippen molar-refractivity contribution in [1.29, 1.82) is 0 Å². The largest absolute Gasteiger partial charge is 0.379 e. The summed E-state index contributed by atoms with van der Waals surface area (Å²) >= 11 is 0. The Labute approximate surface area is 108 Å². The van der Waals surface area contributed by atoms with Gasteiger partial charge in [-0.15, -0.1) is 0 Å². The number of imidazole rings is 1. The van der Waals surface area contributed by atoms with Crippen molar-refractivity contribution in [3.63, 3.8) is 0 Å². The molecule has 0 atom stereocenters. The highest BCUT2D eigenvalue weighted by Gasteiger charge is 2.19. The standard InChI is InChI=1S/C11H21N3O3S/c1-5-9-13-10(18(12,15)16)8-14(9)7-6-11(2,3)17-4/h8H,5-7H2,1-4H3,(H2,12,15,16). The van der Waals surface area contributed by atoms with Crippen LogP contribution in [-0.2, 0) is 27.7 Å². The van der Waals surface area contributed by atoms with E-state index in [1.54, 1.807) is 7.11 Å². The summed E-state index contributed by atoms with van der Waals surface area (Å²) in [5, 5.41) is 5.00. The molecule has 1 heterocycles. The minimum Gasteiger partial charge on any atom is -0.379 e. The first-order valence-corrected chi connectivity index (χ1v) is 7.38. The monoisotopic (exact) mass is 275 g/mol. The third kappa shape index (κ3) is 3.79. The van der Waals surface area contributed by atoms with Crippen molar-refractivity contribution in [1.82, 2.24) is 9.55 Å². The number of rotatable bonds is 6. The summed E-state index contributed by atoms with van der Waals surface area (Å²) in [4.78, 5) is 4.04. The van der Waals surface area contributed by atoms with E-state index in [-0.39, 0.29) is 10.6 Å². The van der Waals surface area contributed by atoms with Gasteiger partial charge >= 0.3 is 0 Å². The van der Waals surface area contributed by atoms with Crippen LogP contribution in [0.25, 0.3) is 0 Å². The molecule has 0 saturated carbocycles. The van der Waals surface area contributed by atoms with Crippen molar-refractivity contribution in [2.45, 2.75) is 50.8 Å². The van der Waals surface area contributed by atoms with E-state index in [2.05, 4.69) is 4.98 Å². The molecule has 0 fully saturated rings. The zero-order valence-electron chi connectivity index (χ0n) is 11.3. The summed E-state index contributed by atoms with van der Waals surface area (Å²) in [6.45, 7) is 6.53. The van der Waals surface area contributed by atoms with Gasteiger partial charge < -0.3 is 9.30 Å². The molecule has 104 valence electrons. The molecule has 0 saturated heterocycles. The van der Waals surface area contributed by atoms with E-state index in [4.69, 9.17) is 9.88 Å². The van der Waals surface area contributed by atoms with Gasteiger partial charge in [0.2, 0.25) is 0 Å². The summed E-state index contributed by atoms with van der Waals surface area (Å²) in [6.07, 6.45) is 2.90. The number of primary sulfonamides is 1. The van der Waals surface area contributed by atoms with Gasteiger partial charge in [-0.05, 0) is 20.3 Å². The molecule has 18 heavy (non-hydrogen) atoms. The summed E-state index contributed by atoms with van der Waals surface area (Å²) < 4.78 is 29.6. The Morgan fingerprint density at radius 2 is 2.11 bits per heavy atom. The van der Waals surface area contributed by atoms with Crippen molar-refractivity contribution >= 4 is 10.0 Å². The highest BCUT2D eigenvalue weighted by atomic mass is 32.2. The first-order valence-electron chi connectivity index (χ1n) is 5.83. The summed E-state index contributed by atoms with van der Waals surface area (Å²) in [6, 6.07) is 0. The topological polar surface area (TPSA) is 87.2 Å². The second kappa shape index (κ2) is 5.38. The Morgan fingerprint density at radius 1 is 1.50 bits per heavy atom. The van der Waals surface area contributed by atoms with Crippen LogP contribution in [-0.4, -0.2) is 30.7 Å². The van der Waals surface area contributed by atoms with Crippen LogP contribution >= 0.6 is 0 Å². The van der Waals surface area contributed by atoms with Crippen LogP contribution in [0.4, 0.5) is 0 Å². The minimum atomic E-state index is -3.74. The normalized spacial score (nSPS) is 12.9. The maximum atomic E-state index is 11.2. The molecule has 0 amide bonds. The number of ether oxygens (including phenoxy) is 1. The van der Waals surface area contributed by atoms with Gasteiger partial charge in [-0.3, -0.25) is 0 Å². The Kier molecular flexibility index (Phi) is 4.52. The molecule has 1 aromatic rings. The number of hydrogen-bond donors (Lipinski definition) is 1. The van der Waals surface area contributed by atoms with Gasteiger partial charge in [-0.2, -0.15) is 0 Å². The number of nitrogens with zero attached hydrogens (tertiary/aromatic N) is 2. The fourth-order valence-corrected chi connectivity index (χ4v) is 2.04. The predicted molar refractivity (Wildman–Crippen MR) is 68.7 cm³/mol. The van der Waals surface area contributed by atoms with Gasteiger partial charge in [-0.1, -0.05) is 6.92 Å². The molecule has 0 radical (unpaired) electrons. The quantitative estimate of drug-likeness (QED) is 0.836. The third-order valence-corrected chi connectivity index (χ3v) is 3.73. The van der Waals surface area contributed by atoms with Crippen LogP contribution in [0.1, 0.15) is 33.0 Å². The van der Waals surface area contributed by atoms with Gasteiger partial charge in [0.25, 0.3) is 10.0 Å². The van der Waals surface area contributed by atoms with Crippen molar-refractivity contribution in [3.05, 3.63) is 12.0 Å². The average Bonchev–Trinajstić information content (AvgIpc) is 2.69. The Bertz CT molecular complexity index is 506. The molecule has 0 spiro atoms. The lowest BCUT2D eigenvalue weighted by Crippen LogP contribution is -2.24. The highest BCUT2D eigenvalue weighted by molar-refractivity contribution is 7.89. The second-order valence-electron chi connectivity index (χ2n) is 4.80. The van der Waals surface area contributed by atoms with E-state index in [9.17, 15) is 8.42 Å². The number of sulfonamides is 1. The fraction of sp³-hybridized carbons (Fsp3) is 0.727. The Hall–Kier alpha value is -0.920. The molecule has 0 aliphatic carbocycles. The molecule has 0 aliphatic heterocycles. The molecular weight excluding hydrogens is 254 g/mol. The van der Waals surface area contributed by atoms with Crippen LogP contribution in [0.2, 0.25) is 0 Å². The second-order valence-corrected chi connectivity index (χ2v) is 6.31. The lowest BCUT2D eigenvalue weighted by Gasteiger charge is -2.23. The number of aromatic nitrogens is 2. The number of hydrogen-bond acceptors (Lipinski definition) is 4. The van der Waals surface area contributed by atoms with Gasteiger partial charge in [0.1, 0.15) is 5.82 Å². The van der Waals surface area contributed by atoms with E-state index < -0.39 is 10.0 Å². The molecule has 0 aromatic carbocycles. The molecule has 2 N–H and O–H groups in total. The lowest BCUT2D eigenvalue weighted by atomic mass is 10.1. The maximum absolute atomic E-state index is 11.2. The molecule has 1 aromatic heterocycles. The van der Waals surface area contributed by atoms with Gasteiger partial charge in [0.15, 0.2) is 5.03 Å². The van der Waals surface area contributed by atoms with E-state index >= 15 is 0 Å². The number of aryl methyl sites for hydroxylation is 2. The van der Waals surface area contributed by atoms with E-state index in [0.717, 1.165) is 6.42 Å². The van der Waals surface area contributed by atoms with Crippen LogP contribution in [0.5, 0.6) is 0 Å². The molecule has 6 nitrogen and oxygen atoms in total. The molecule has 1 rings (SSSR count). The number of nitrogens with two attached hydrogens (primary N) is 1. The van der Waals surface area contributed by atoms with Gasteiger partial charge in [-0.25, -0.2) is 18.5 Å². The SMILES string of the molecule is CCc1nc(S(N)(=O)=O)cn1CCC(C)(C)OC. The number of methoxy groups -OCH3 is 1. The molecule has 0 bridgehead atoms. The highest BCUT2D eigenvalue weighted by Crippen LogP contribution is 2.16. The lowest BCUT2D eigenvalue weighted by molar-refractivity contribution is 0.0119. The molecular formula is C11H21N3O3S. The molecule has 0 aliphatic rings. The van der Waals surface area contributed by atoms with Crippen molar-refractivity contribution < 1.29 is 13.2 Å². The summed E-state index contributed by atoms with van der Waals surface area (Å²) in [5.74, 6) is 0.714. The van der Waals surface area contributed by atoms with E-state index in [1.165, 1.54) is 6.20 Å². The zero-order valence-corrected chi connectivity index (χ0v) is 12.1. The Balaban J connectivity index is 2.92. The molecule has 0 unspecified atom stereocenters. The van der Waals surface area contributed by atoms with Crippen LogP contribution < -0.4 is 5.14 Å². The zero-order chi connectivity index (χ0) is 14.0. The minimum absolute atomic E-state index is 0.0745.